The van der Waals surface area contributed by atoms with E-state index in [4.69, 9.17) is 4.31 Å². The van der Waals surface area contributed by atoms with Gasteiger partial charge in [0.05, 0.1) is 0 Å². The van der Waals surface area contributed by atoms with E-state index in [1.807, 2.05) is 74.0 Å². The second-order valence-corrected chi connectivity index (χ2v) is 13.0. The Labute approximate surface area is 126 Å². The molecule has 0 aliphatic rings. The van der Waals surface area contributed by atoms with Gasteiger partial charge in [-0.3, -0.25) is 0 Å². The van der Waals surface area contributed by atoms with Crippen molar-refractivity contribution in [3.63, 3.8) is 0 Å². The Morgan fingerprint density at radius 1 is 0.810 bits per heavy atom. The minimum absolute atomic E-state index is 0.643. The molecule has 112 valence electrons. The summed E-state index contributed by atoms with van der Waals surface area (Å²) in [6.07, 6.45) is 1.29. The summed E-state index contributed by atoms with van der Waals surface area (Å²) < 4.78 is 28.0. The van der Waals surface area contributed by atoms with Gasteiger partial charge in [-0.1, -0.05) is 0 Å². The predicted octanol–water partition coefficient (Wildman–Crippen LogP) is 5.22. The van der Waals surface area contributed by atoms with E-state index in [0.717, 1.165) is 11.1 Å². The Bertz CT molecular complexity index is 611. The first-order valence-electron chi connectivity index (χ1n) is 6.79. The molecule has 0 bridgehead atoms. The van der Waals surface area contributed by atoms with Crippen LogP contribution in [0.25, 0.3) is 0 Å². The molecule has 0 saturated heterocycles. The zero-order valence-corrected chi connectivity index (χ0v) is 14.1. The fraction of sp³-hybridized carbons (Fsp3) is 0.250. The molecule has 2 rings (SSSR count). The average Bonchev–Trinajstić information content (AvgIpc) is 2.38. The van der Waals surface area contributed by atoms with E-state index in [0.29, 0.717) is 12.3 Å². The van der Waals surface area contributed by atoms with Crippen LogP contribution in [-0.2, 0) is 25.8 Å². The Kier molecular flexibility index (Phi) is 4.78. The van der Waals surface area contributed by atoms with E-state index in [1.165, 1.54) is 0 Å². The van der Waals surface area contributed by atoms with Gasteiger partial charge >= 0.3 is 126 Å². The normalized spacial score (nSPS) is 13.3. The molecule has 0 unspecified atom stereocenters. The van der Waals surface area contributed by atoms with Crippen LogP contribution < -0.4 is 0 Å². The molecule has 0 N–H and O–H groups in total. The molecule has 21 heavy (non-hydrogen) atoms. The fourth-order valence-electron chi connectivity index (χ4n) is 2.65. The van der Waals surface area contributed by atoms with Crippen LogP contribution in [0.2, 0.25) is 0 Å². The first kappa shape index (κ1) is 16.1. The van der Waals surface area contributed by atoms with E-state index in [-0.39, 0.29) is 0 Å². The Balaban J connectivity index is 2.34. The van der Waals surface area contributed by atoms with Gasteiger partial charge in [0, 0.05) is 0 Å². The number of hydrogen-bond donors (Lipinski definition) is 0. The van der Waals surface area contributed by atoms with Crippen molar-refractivity contribution in [2.24, 2.45) is 0 Å². The maximum absolute atomic E-state index is 11.2. The zero-order chi connectivity index (χ0) is 15.4. The molecule has 0 fully saturated rings. The SMILES string of the molecule is CP(C)(Cc1ccccc1)(Cc1ccccc1)OP(=O)=O. The third kappa shape index (κ3) is 4.89. The first-order chi connectivity index (χ1) is 9.86. The van der Waals surface area contributed by atoms with Crippen molar-refractivity contribution in [2.45, 2.75) is 12.3 Å². The molecular formula is C16H20O3P2. The third-order valence-corrected chi connectivity index (χ3v) is 8.85. The zero-order valence-electron chi connectivity index (χ0n) is 12.3. The van der Waals surface area contributed by atoms with Crippen LogP contribution in [0, 0.1) is 0 Å². The molecule has 0 amide bonds. The molecule has 0 aromatic heterocycles. The summed E-state index contributed by atoms with van der Waals surface area (Å²) in [5.74, 6) is 0. The van der Waals surface area contributed by atoms with Crippen LogP contribution in [0.4, 0.5) is 0 Å². The van der Waals surface area contributed by atoms with Crippen LogP contribution in [0.3, 0.4) is 0 Å². The van der Waals surface area contributed by atoms with Crippen molar-refractivity contribution in [2.75, 3.05) is 13.3 Å². The number of hydrogen-bond acceptors (Lipinski definition) is 3. The van der Waals surface area contributed by atoms with E-state index in [2.05, 4.69) is 0 Å². The van der Waals surface area contributed by atoms with Crippen molar-refractivity contribution in [3.05, 3.63) is 71.8 Å². The molecular weight excluding hydrogens is 302 g/mol. The van der Waals surface area contributed by atoms with Crippen molar-refractivity contribution in [3.8, 4) is 0 Å². The van der Waals surface area contributed by atoms with Gasteiger partial charge in [0.15, 0.2) is 0 Å². The summed E-state index contributed by atoms with van der Waals surface area (Å²) in [5, 5.41) is 0. The standard InChI is InChI=1S/C16H20O3P2/c1-21(2,19-20(17)18,13-15-9-5-3-6-10-15)14-16-11-7-4-8-12-16/h3-12H,13-14H2,1-2H3. The molecule has 2 aromatic rings. The summed E-state index contributed by atoms with van der Waals surface area (Å²) in [4.78, 5) is 0. The van der Waals surface area contributed by atoms with Gasteiger partial charge in [-0.05, 0) is 0 Å². The third-order valence-electron chi connectivity index (χ3n) is 3.38. The van der Waals surface area contributed by atoms with E-state index < -0.39 is 14.7 Å². The van der Waals surface area contributed by atoms with E-state index in [9.17, 15) is 9.13 Å². The molecule has 0 spiro atoms. The molecule has 5 heteroatoms. The van der Waals surface area contributed by atoms with Crippen molar-refractivity contribution >= 4 is 14.7 Å². The Morgan fingerprint density at radius 3 is 1.52 bits per heavy atom. The molecule has 0 aliphatic heterocycles. The number of benzene rings is 2. The minimum atomic E-state index is -2.88. The Hall–Kier alpha value is -1.27. The van der Waals surface area contributed by atoms with Crippen LogP contribution in [-0.4, -0.2) is 13.3 Å². The quantitative estimate of drug-likeness (QED) is 0.685. The van der Waals surface area contributed by atoms with Gasteiger partial charge in [-0.2, -0.15) is 0 Å². The van der Waals surface area contributed by atoms with Crippen molar-refractivity contribution in [1.82, 2.24) is 0 Å². The molecule has 0 radical (unpaired) electrons. The van der Waals surface area contributed by atoms with Crippen LogP contribution >= 0.6 is 14.7 Å². The number of rotatable bonds is 6. The summed E-state index contributed by atoms with van der Waals surface area (Å²) in [6, 6.07) is 19.8. The summed E-state index contributed by atoms with van der Waals surface area (Å²) in [5.41, 5.74) is 2.21. The van der Waals surface area contributed by atoms with Crippen LogP contribution in [0.1, 0.15) is 11.1 Å². The summed E-state index contributed by atoms with van der Waals surface area (Å²) >= 11 is 0. The maximum atomic E-state index is 11.2. The predicted molar refractivity (Wildman–Crippen MR) is 88.4 cm³/mol. The molecule has 2 aromatic carbocycles. The van der Waals surface area contributed by atoms with E-state index in [1.54, 1.807) is 0 Å². The first-order valence-corrected chi connectivity index (χ1v) is 11.3. The van der Waals surface area contributed by atoms with E-state index >= 15 is 0 Å². The van der Waals surface area contributed by atoms with Gasteiger partial charge in [0.1, 0.15) is 0 Å². The topological polar surface area (TPSA) is 43.4 Å². The van der Waals surface area contributed by atoms with Gasteiger partial charge in [0.2, 0.25) is 0 Å². The van der Waals surface area contributed by atoms with Crippen molar-refractivity contribution < 1.29 is 13.4 Å². The Morgan fingerprint density at radius 2 is 1.19 bits per heavy atom. The summed E-state index contributed by atoms with van der Waals surface area (Å²) in [6.45, 7) is 1.09. The molecule has 0 heterocycles. The van der Waals surface area contributed by atoms with Gasteiger partial charge in [0.25, 0.3) is 0 Å². The molecule has 0 aliphatic carbocycles. The second-order valence-electron chi connectivity index (χ2n) is 6.15. The monoisotopic (exact) mass is 322 g/mol. The summed E-state index contributed by atoms with van der Waals surface area (Å²) in [7, 11) is -2.87. The second kappa shape index (κ2) is 6.23. The van der Waals surface area contributed by atoms with Gasteiger partial charge < -0.3 is 0 Å². The molecule has 3 nitrogen and oxygen atoms in total. The van der Waals surface area contributed by atoms with Crippen molar-refractivity contribution in [1.29, 1.82) is 0 Å². The van der Waals surface area contributed by atoms with Gasteiger partial charge in [-0.25, -0.2) is 0 Å². The molecule has 0 saturated carbocycles. The van der Waals surface area contributed by atoms with Crippen LogP contribution in [0.15, 0.2) is 60.7 Å². The fourth-order valence-corrected chi connectivity index (χ4v) is 7.74. The molecule has 0 atom stereocenters. The van der Waals surface area contributed by atoms with Crippen LogP contribution in [0.5, 0.6) is 0 Å². The van der Waals surface area contributed by atoms with Gasteiger partial charge in [-0.15, -0.1) is 0 Å². The average molecular weight is 322 g/mol.